The topological polar surface area (TPSA) is 98.2 Å². The van der Waals surface area contributed by atoms with Crippen molar-refractivity contribution in [1.82, 2.24) is 9.97 Å². The quantitative estimate of drug-likeness (QED) is 0.470. The fraction of sp³-hybridized carbons (Fsp3) is 0.263. The minimum absolute atomic E-state index is 0.308. The van der Waals surface area contributed by atoms with Gasteiger partial charge in [-0.25, -0.2) is 4.98 Å². The van der Waals surface area contributed by atoms with Crippen LogP contribution in [-0.2, 0) is 17.4 Å². The molecule has 6 nitrogen and oxygen atoms in total. The van der Waals surface area contributed by atoms with Crippen LogP contribution < -0.4 is 5.32 Å². The van der Waals surface area contributed by atoms with E-state index in [1.165, 1.54) is 6.92 Å². The molecule has 1 amide bonds. The lowest BCUT2D eigenvalue weighted by Crippen LogP contribution is -2.25. The Morgan fingerprint density at radius 1 is 1.26 bits per heavy atom. The number of alkyl halides is 2. The summed E-state index contributed by atoms with van der Waals surface area (Å²) in [7, 11) is 0. The number of amides is 1. The van der Waals surface area contributed by atoms with Gasteiger partial charge in [-0.05, 0) is 30.2 Å². The molecule has 3 rings (SSSR count). The van der Waals surface area contributed by atoms with Gasteiger partial charge >= 0.3 is 0 Å². The van der Waals surface area contributed by atoms with Crippen LogP contribution in [-0.4, -0.2) is 32.7 Å². The number of aromatic nitrogens is 2. The number of H-pyrrole nitrogens is 1. The number of aromatic amines is 1. The predicted octanol–water partition coefficient (Wildman–Crippen LogP) is 3.49. The molecular formula is C19H19Cl2N3O3. The van der Waals surface area contributed by atoms with Gasteiger partial charge < -0.3 is 20.5 Å². The minimum Gasteiger partial charge on any atom is -0.393 e. The van der Waals surface area contributed by atoms with Crippen molar-refractivity contribution in [3.05, 3.63) is 58.9 Å². The lowest BCUT2D eigenvalue weighted by molar-refractivity contribution is -0.00229. The van der Waals surface area contributed by atoms with Gasteiger partial charge in [0.05, 0.1) is 18.0 Å². The number of anilines is 1. The number of nitrogens with one attached hydrogen (secondary N) is 2. The van der Waals surface area contributed by atoms with Crippen molar-refractivity contribution in [3.63, 3.8) is 0 Å². The van der Waals surface area contributed by atoms with Crippen LogP contribution in [0, 0.1) is 0 Å². The Balaban J connectivity index is 1.81. The predicted molar refractivity (Wildman–Crippen MR) is 106 cm³/mol. The molecule has 8 heteroatoms. The monoisotopic (exact) mass is 407 g/mol. The molecule has 3 aromatic rings. The lowest BCUT2D eigenvalue weighted by Gasteiger charge is -2.20. The summed E-state index contributed by atoms with van der Waals surface area (Å²) >= 11 is 11.9. The second-order valence-electron chi connectivity index (χ2n) is 6.43. The van der Waals surface area contributed by atoms with Gasteiger partial charge in [0.2, 0.25) is 0 Å². The largest absolute Gasteiger partial charge is 0.393 e. The lowest BCUT2D eigenvalue weighted by atomic mass is 9.96. The molecule has 0 saturated heterocycles. The molecule has 1 aromatic carbocycles. The molecule has 1 atom stereocenters. The van der Waals surface area contributed by atoms with E-state index in [-0.39, 0.29) is 5.91 Å². The highest BCUT2D eigenvalue weighted by atomic mass is 35.5. The van der Waals surface area contributed by atoms with Crippen molar-refractivity contribution < 1.29 is 15.0 Å². The van der Waals surface area contributed by atoms with Gasteiger partial charge in [-0.2, -0.15) is 0 Å². The first-order valence-electron chi connectivity index (χ1n) is 8.26. The molecule has 2 aromatic heterocycles. The molecule has 0 bridgehead atoms. The third-order valence-electron chi connectivity index (χ3n) is 4.46. The molecule has 0 spiro atoms. The number of hydrogen-bond donors (Lipinski definition) is 4. The third-order valence-corrected chi connectivity index (χ3v) is 5.00. The van der Waals surface area contributed by atoms with Gasteiger partial charge in [-0.15, -0.1) is 23.2 Å². The second-order valence-corrected chi connectivity index (χ2v) is 6.96. The average Bonchev–Trinajstić information content (AvgIpc) is 3.04. The van der Waals surface area contributed by atoms with Crippen LogP contribution >= 0.6 is 23.2 Å². The first-order chi connectivity index (χ1) is 12.9. The smallest absolute Gasteiger partial charge is 0.256 e. The molecule has 2 heterocycles. The zero-order valence-corrected chi connectivity index (χ0v) is 16.1. The molecule has 0 radical (unpaired) electrons. The van der Waals surface area contributed by atoms with Crippen molar-refractivity contribution in [2.75, 3.05) is 11.9 Å². The van der Waals surface area contributed by atoms with Crippen molar-refractivity contribution in [2.24, 2.45) is 0 Å². The molecule has 0 aliphatic rings. The Hall–Kier alpha value is -2.12. The number of benzene rings is 1. The van der Waals surface area contributed by atoms with Crippen LogP contribution in [0.4, 0.5) is 5.82 Å². The summed E-state index contributed by atoms with van der Waals surface area (Å²) in [6.45, 7) is 1.09. The van der Waals surface area contributed by atoms with E-state index in [1.807, 2.05) is 0 Å². The normalized spacial score (nSPS) is 13.5. The van der Waals surface area contributed by atoms with Crippen LogP contribution in [0.15, 0.2) is 36.5 Å². The Morgan fingerprint density at radius 3 is 2.56 bits per heavy atom. The fourth-order valence-corrected chi connectivity index (χ4v) is 3.33. The minimum atomic E-state index is -1.35. The summed E-state index contributed by atoms with van der Waals surface area (Å²) in [5, 5.41) is 22.9. The second kappa shape index (κ2) is 7.86. The molecule has 1 unspecified atom stereocenters. The highest BCUT2D eigenvalue weighted by molar-refractivity contribution is 6.19. The van der Waals surface area contributed by atoms with Gasteiger partial charge in [0.15, 0.2) is 0 Å². The number of carbonyl (C=O) groups is 1. The van der Waals surface area contributed by atoms with E-state index in [0.717, 1.165) is 22.2 Å². The van der Waals surface area contributed by atoms with Gasteiger partial charge in [0.1, 0.15) is 11.4 Å². The maximum atomic E-state index is 12.4. The standard InChI is InChI=1S/C19H19Cl2N3O3/c1-19(27,10-25)12-4-2-11(3-5-12)18(26)24-17-6-15-14(9-22-17)13(7-20)16(8-21)23-15/h2-6,9,23,25,27H,7-8,10H2,1H3,(H,22,24,26). The number of aliphatic hydroxyl groups is 2. The summed E-state index contributed by atoms with van der Waals surface area (Å²) in [5.41, 5.74) is 2.10. The van der Waals surface area contributed by atoms with Crippen molar-refractivity contribution in [2.45, 2.75) is 24.3 Å². The van der Waals surface area contributed by atoms with Crippen LogP contribution in [0.1, 0.15) is 34.1 Å². The maximum absolute atomic E-state index is 12.4. The van der Waals surface area contributed by atoms with Gasteiger partial charge in [0, 0.05) is 34.8 Å². The zero-order valence-electron chi connectivity index (χ0n) is 14.6. The maximum Gasteiger partial charge on any atom is 0.256 e. The number of pyridine rings is 1. The number of carbonyl (C=O) groups excluding carboxylic acids is 1. The van der Waals surface area contributed by atoms with Gasteiger partial charge in [-0.3, -0.25) is 4.79 Å². The summed E-state index contributed by atoms with van der Waals surface area (Å²) in [4.78, 5) is 19.9. The van der Waals surface area contributed by atoms with E-state index < -0.39 is 12.2 Å². The number of hydrogen-bond acceptors (Lipinski definition) is 4. The molecule has 27 heavy (non-hydrogen) atoms. The Morgan fingerprint density at radius 2 is 1.96 bits per heavy atom. The number of rotatable bonds is 6. The van der Waals surface area contributed by atoms with E-state index >= 15 is 0 Å². The van der Waals surface area contributed by atoms with Crippen LogP contribution in [0.5, 0.6) is 0 Å². The Kier molecular flexibility index (Phi) is 5.72. The number of halogens is 2. The molecule has 0 aliphatic heterocycles. The number of aliphatic hydroxyl groups excluding tert-OH is 1. The molecular weight excluding hydrogens is 389 g/mol. The van der Waals surface area contributed by atoms with Crippen LogP contribution in [0.25, 0.3) is 10.9 Å². The third kappa shape index (κ3) is 3.94. The average molecular weight is 408 g/mol. The fourth-order valence-electron chi connectivity index (χ4n) is 2.80. The van der Waals surface area contributed by atoms with E-state index in [4.69, 9.17) is 23.2 Å². The first kappa shape index (κ1) is 19.6. The number of fused-ring (bicyclic) bond motifs is 1. The summed E-state index contributed by atoms with van der Waals surface area (Å²) < 4.78 is 0. The van der Waals surface area contributed by atoms with E-state index in [9.17, 15) is 15.0 Å². The molecule has 0 fully saturated rings. The Bertz CT molecular complexity index is 968. The van der Waals surface area contributed by atoms with E-state index in [2.05, 4.69) is 15.3 Å². The highest BCUT2D eigenvalue weighted by Gasteiger charge is 2.22. The van der Waals surface area contributed by atoms with E-state index in [0.29, 0.717) is 28.7 Å². The molecule has 0 saturated carbocycles. The van der Waals surface area contributed by atoms with Gasteiger partial charge in [0.25, 0.3) is 5.91 Å². The summed E-state index contributed by atoms with van der Waals surface area (Å²) in [6, 6.07) is 8.10. The zero-order chi connectivity index (χ0) is 19.6. The van der Waals surface area contributed by atoms with Gasteiger partial charge in [-0.1, -0.05) is 12.1 Å². The van der Waals surface area contributed by atoms with Crippen molar-refractivity contribution in [1.29, 1.82) is 0 Å². The number of nitrogens with zero attached hydrogens (tertiary/aromatic N) is 1. The molecule has 4 N–H and O–H groups in total. The highest BCUT2D eigenvalue weighted by Crippen LogP contribution is 2.26. The molecule has 142 valence electrons. The van der Waals surface area contributed by atoms with Crippen molar-refractivity contribution in [3.8, 4) is 0 Å². The summed E-state index contributed by atoms with van der Waals surface area (Å²) in [5.74, 6) is 0.683. The van der Waals surface area contributed by atoms with E-state index in [1.54, 1.807) is 36.5 Å². The SMILES string of the molecule is CC(O)(CO)c1ccc(C(=O)Nc2cc3[nH]c(CCl)c(CCl)c3cn2)cc1. The van der Waals surface area contributed by atoms with Crippen LogP contribution in [0.3, 0.4) is 0 Å². The first-order valence-corrected chi connectivity index (χ1v) is 9.33. The van der Waals surface area contributed by atoms with Crippen molar-refractivity contribution >= 4 is 45.8 Å². The van der Waals surface area contributed by atoms with Crippen LogP contribution in [0.2, 0.25) is 0 Å². The molecule has 0 aliphatic carbocycles. The Labute approximate surface area is 166 Å². The summed E-state index contributed by atoms with van der Waals surface area (Å²) in [6.07, 6.45) is 1.65.